The molecule has 2 N–H and O–H groups in total. The van der Waals surface area contributed by atoms with Crippen LogP contribution >= 0.6 is 0 Å². The van der Waals surface area contributed by atoms with E-state index in [-0.39, 0.29) is 5.82 Å². The van der Waals surface area contributed by atoms with Gasteiger partial charge in [0, 0.05) is 24.5 Å². The molecule has 0 amide bonds. The van der Waals surface area contributed by atoms with Crippen LogP contribution in [0.2, 0.25) is 0 Å². The van der Waals surface area contributed by atoms with Crippen LogP contribution in [0.1, 0.15) is 16.7 Å². The molecule has 82 valence electrons. The van der Waals surface area contributed by atoms with Crippen molar-refractivity contribution in [3.63, 3.8) is 0 Å². The van der Waals surface area contributed by atoms with E-state index >= 15 is 0 Å². The Balaban J connectivity index is 2.32. The van der Waals surface area contributed by atoms with E-state index in [9.17, 15) is 4.39 Å². The zero-order valence-corrected chi connectivity index (χ0v) is 9.07. The monoisotopic (exact) mass is 216 g/mol. The second kappa shape index (κ2) is 4.31. The number of pyridine rings is 1. The molecule has 3 heteroatoms. The Morgan fingerprint density at radius 3 is 2.88 bits per heavy atom. The lowest BCUT2D eigenvalue weighted by molar-refractivity contribution is 0.613. The summed E-state index contributed by atoms with van der Waals surface area (Å²) in [5.41, 5.74) is 8.74. The van der Waals surface area contributed by atoms with Gasteiger partial charge in [0.05, 0.1) is 0 Å². The van der Waals surface area contributed by atoms with E-state index in [4.69, 9.17) is 5.73 Å². The summed E-state index contributed by atoms with van der Waals surface area (Å²) >= 11 is 0. The van der Waals surface area contributed by atoms with Gasteiger partial charge in [-0.25, -0.2) is 4.39 Å². The van der Waals surface area contributed by atoms with Gasteiger partial charge in [-0.2, -0.15) is 0 Å². The highest BCUT2D eigenvalue weighted by molar-refractivity contribution is 5.49. The Morgan fingerprint density at radius 1 is 1.38 bits per heavy atom. The first kappa shape index (κ1) is 10.6. The number of halogens is 1. The van der Waals surface area contributed by atoms with Crippen molar-refractivity contribution >= 4 is 5.69 Å². The molecule has 1 aromatic heterocycles. The number of nitrogens with two attached hydrogens (primary N) is 1. The highest BCUT2D eigenvalue weighted by Crippen LogP contribution is 2.19. The minimum Gasteiger partial charge on any atom is -0.399 e. The summed E-state index contributed by atoms with van der Waals surface area (Å²) in [6, 6.07) is 6.92. The number of nitrogen functional groups attached to an aromatic ring is 1. The van der Waals surface area contributed by atoms with Crippen molar-refractivity contribution < 1.29 is 4.39 Å². The maximum absolute atomic E-state index is 13.6. The number of hydrogen-bond donors (Lipinski definition) is 1. The van der Waals surface area contributed by atoms with Gasteiger partial charge in [-0.3, -0.25) is 4.98 Å². The van der Waals surface area contributed by atoms with Gasteiger partial charge >= 0.3 is 0 Å². The Morgan fingerprint density at radius 2 is 2.19 bits per heavy atom. The fourth-order valence-corrected chi connectivity index (χ4v) is 1.59. The van der Waals surface area contributed by atoms with Gasteiger partial charge in [0.1, 0.15) is 5.82 Å². The molecule has 16 heavy (non-hydrogen) atoms. The Kier molecular flexibility index (Phi) is 2.86. The molecule has 1 heterocycles. The molecule has 2 nitrogen and oxygen atoms in total. The molecule has 0 saturated heterocycles. The molecule has 0 aliphatic rings. The number of anilines is 1. The summed E-state index contributed by atoms with van der Waals surface area (Å²) in [7, 11) is 0. The lowest BCUT2D eigenvalue weighted by atomic mass is 10.0. The van der Waals surface area contributed by atoms with Crippen LogP contribution in [0, 0.1) is 12.7 Å². The van der Waals surface area contributed by atoms with Crippen molar-refractivity contribution in [2.24, 2.45) is 0 Å². The quantitative estimate of drug-likeness (QED) is 0.784. The zero-order chi connectivity index (χ0) is 11.5. The molecule has 0 spiro atoms. The third-order valence-corrected chi connectivity index (χ3v) is 2.55. The number of benzene rings is 1. The summed E-state index contributed by atoms with van der Waals surface area (Å²) in [4.78, 5) is 4.00. The second-order valence-electron chi connectivity index (χ2n) is 3.84. The van der Waals surface area contributed by atoms with Crippen molar-refractivity contribution in [3.05, 3.63) is 59.2 Å². The van der Waals surface area contributed by atoms with E-state index in [1.807, 2.05) is 12.1 Å². The highest BCUT2D eigenvalue weighted by Gasteiger charge is 2.06. The van der Waals surface area contributed by atoms with Crippen molar-refractivity contribution in [2.75, 3.05) is 5.73 Å². The van der Waals surface area contributed by atoms with Crippen molar-refractivity contribution in [1.29, 1.82) is 0 Å². The molecule has 0 bridgehead atoms. The molecule has 0 aliphatic heterocycles. The Hall–Kier alpha value is -1.90. The fraction of sp³-hybridized carbons (Fsp3) is 0.154. The molecular weight excluding hydrogens is 203 g/mol. The summed E-state index contributed by atoms with van der Waals surface area (Å²) in [6.07, 6.45) is 3.95. The van der Waals surface area contributed by atoms with Crippen LogP contribution < -0.4 is 5.73 Å². The molecule has 2 rings (SSSR count). The number of nitrogens with zero attached hydrogens (tertiary/aromatic N) is 1. The molecule has 0 fully saturated rings. The van der Waals surface area contributed by atoms with Gasteiger partial charge in [-0.1, -0.05) is 6.07 Å². The van der Waals surface area contributed by atoms with E-state index in [0.29, 0.717) is 17.7 Å². The Labute approximate surface area is 93.9 Å². The van der Waals surface area contributed by atoms with Crippen LogP contribution in [0.4, 0.5) is 10.1 Å². The summed E-state index contributed by atoms with van der Waals surface area (Å²) in [5, 5.41) is 0. The van der Waals surface area contributed by atoms with Crippen LogP contribution in [0.5, 0.6) is 0 Å². The number of aromatic nitrogens is 1. The Bertz CT molecular complexity index is 495. The molecule has 0 aliphatic carbocycles. The first-order valence-corrected chi connectivity index (χ1v) is 5.10. The van der Waals surface area contributed by atoms with Crippen LogP contribution in [0.15, 0.2) is 36.7 Å². The molecule has 0 saturated carbocycles. The predicted octanol–water partition coefficient (Wildman–Crippen LogP) is 2.70. The molecular formula is C13H13FN2. The average Bonchev–Trinajstić information content (AvgIpc) is 2.27. The van der Waals surface area contributed by atoms with E-state index in [0.717, 1.165) is 11.1 Å². The third kappa shape index (κ3) is 2.19. The SMILES string of the molecule is Cc1cc(F)c(Cc2cccnc2)cc1N. The van der Waals surface area contributed by atoms with Crippen LogP contribution in [0.3, 0.4) is 0 Å². The second-order valence-corrected chi connectivity index (χ2v) is 3.84. The van der Waals surface area contributed by atoms with E-state index in [1.54, 1.807) is 25.4 Å². The average molecular weight is 216 g/mol. The van der Waals surface area contributed by atoms with Crippen LogP contribution in [0.25, 0.3) is 0 Å². The van der Waals surface area contributed by atoms with Crippen molar-refractivity contribution in [2.45, 2.75) is 13.3 Å². The summed E-state index contributed by atoms with van der Waals surface area (Å²) in [5.74, 6) is -0.212. The van der Waals surface area contributed by atoms with Gasteiger partial charge in [-0.15, -0.1) is 0 Å². The van der Waals surface area contributed by atoms with Gasteiger partial charge < -0.3 is 5.73 Å². The molecule has 1 aromatic carbocycles. The topological polar surface area (TPSA) is 38.9 Å². The fourth-order valence-electron chi connectivity index (χ4n) is 1.59. The van der Waals surface area contributed by atoms with Crippen LogP contribution in [-0.2, 0) is 6.42 Å². The predicted molar refractivity (Wildman–Crippen MR) is 62.6 cm³/mol. The van der Waals surface area contributed by atoms with Gasteiger partial charge in [0.15, 0.2) is 0 Å². The molecule has 0 radical (unpaired) electrons. The lowest BCUT2D eigenvalue weighted by Crippen LogP contribution is -1.98. The van der Waals surface area contributed by atoms with E-state index < -0.39 is 0 Å². The largest absolute Gasteiger partial charge is 0.399 e. The third-order valence-electron chi connectivity index (χ3n) is 2.55. The van der Waals surface area contributed by atoms with Gasteiger partial charge in [0.25, 0.3) is 0 Å². The van der Waals surface area contributed by atoms with Crippen molar-refractivity contribution in [1.82, 2.24) is 4.98 Å². The summed E-state index contributed by atoms with van der Waals surface area (Å²) in [6.45, 7) is 1.80. The molecule has 0 unspecified atom stereocenters. The number of aryl methyl sites for hydroxylation is 1. The molecule has 0 atom stereocenters. The minimum atomic E-state index is -0.212. The normalized spacial score (nSPS) is 10.4. The smallest absolute Gasteiger partial charge is 0.127 e. The van der Waals surface area contributed by atoms with Crippen molar-refractivity contribution in [3.8, 4) is 0 Å². The highest BCUT2D eigenvalue weighted by atomic mass is 19.1. The lowest BCUT2D eigenvalue weighted by Gasteiger charge is -2.07. The van der Waals surface area contributed by atoms with E-state index in [2.05, 4.69) is 4.98 Å². The maximum Gasteiger partial charge on any atom is 0.127 e. The first-order valence-electron chi connectivity index (χ1n) is 5.10. The van der Waals surface area contributed by atoms with Gasteiger partial charge in [-0.05, 0) is 41.8 Å². The number of hydrogen-bond acceptors (Lipinski definition) is 2. The maximum atomic E-state index is 13.6. The summed E-state index contributed by atoms with van der Waals surface area (Å²) < 4.78 is 13.6. The standard InChI is InChI=1S/C13H13FN2/c1-9-5-12(14)11(7-13(9)15)6-10-3-2-4-16-8-10/h2-5,7-8H,6,15H2,1H3. The minimum absolute atomic E-state index is 0.212. The van der Waals surface area contributed by atoms with Gasteiger partial charge in [0.2, 0.25) is 0 Å². The first-order chi connectivity index (χ1) is 7.66. The van der Waals surface area contributed by atoms with Crippen LogP contribution in [-0.4, -0.2) is 4.98 Å². The zero-order valence-electron chi connectivity index (χ0n) is 9.07. The number of rotatable bonds is 2. The molecule has 2 aromatic rings. The van der Waals surface area contributed by atoms with E-state index in [1.165, 1.54) is 6.07 Å².